The molecule has 3 rings (SSSR count). The second-order valence-electron chi connectivity index (χ2n) is 8.24. The van der Waals surface area contributed by atoms with Crippen LogP contribution < -0.4 is 0 Å². The van der Waals surface area contributed by atoms with Gasteiger partial charge in [-0.3, -0.25) is 4.79 Å². The lowest BCUT2D eigenvalue weighted by molar-refractivity contribution is -0.144. The Morgan fingerprint density at radius 2 is 1.72 bits per heavy atom. The fraction of sp³-hybridized carbons (Fsp3) is 0.360. The fourth-order valence-corrected chi connectivity index (χ4v) is 3.89. The Morgan fingerprint density at radius 1 is 1.09 bits per heavy atom. The van der Waals surface area contributed by atoms with E-state index in [1.165, 1.54) is 12.1 Å². The highest BCUT2D eigenvalue weighted by Crippen LogP contribution is 2.39. The molecule has 1 unspecified atom stereocenters. The topological polar surface area (TPSA) is 46.6 Å². The van der Waals surface area contributed by atoms with Crippen molar-refractivity contribution in [3.05, 3.63) is 82.1 Å². The standard InChI is InChI=1S/C25H26F3NO3/c1-15(2)32-24(31)23-17(4)29(14-19-8-6-5-7-16(19)3)22(30)13-21(23)18-9-11-20(12-10-18)25(26,27)28/h5-12,15,21H,13-14H2,1-4H3. The first-order valence-electron chi connectivity index (χ1n) is 10.4. The number of aryl methyl sites for hydroxylation is 1. The van der Waals surface area contributed by atoms with Gasteiger partial charge in [0.1, 0.15) is 0 Å². The largest absolute Gasteiger partial charge is 0.460 e. The van der Waals surface area contributed by atoms with Crippen molar-refractivity contribution in [2.45, 2.75) is 58.9 Å². The van der Waals surface area contributed by atoms with E-state index >= 15 is 0 Å². The summed E-state index contributed by atoms with van der Waals surface area (Å²) < 4.78 is 44.4. The quantitative estimate of drug-likeness (QED) is 0.550. The van der Waals surface area contributed by atoms with E-state index in [0.717, 1.165) is 23.3 Å². The number of carbonyl (C=O) groups excluding carboxylic acids is 2. The summed E-state index contributed by atoms with van der Waals surface area (Å²) in [5, 5.41) is 0. The molecule has 2 aromatic carbocycles. The Balaban J connectivity index is 2.04. The van der Waals surface area contributed by atoms with E-state index in [4.69, 9.17) is 4.74 Å². The van der Waals surface area contributed by atoms with Gasteiger partial charge in [0.2, 0.25) is 5.91 Å². The van der Waals surface area contributed by atoms with Crippen molar-refractivity contribution in [3.8, 4) is 0 Å². The molecule has 1 atom stereocenters. The fourth-order valence-electron chi connectivity index (χ4n) is 3.89. The zero-order valence-corrected chi connectivity index (χ0v) is 18.5. The molecule has 0 fully saturated rings. The molecule has 0 N–H and O–H groups in total. The maximum absolute atomic E-state index is 13.1. The molecule has 0 bridgehead atoms. The van der Waals surface area contributed by atoms with Crippen LogP contribution in [0.4, 0.5) is 13.2 Å². The zero-order chi connectivity index (χ0) is 23.6. The van der Waals surface area contributed by atoms with Gasteiger partial charge in [-0.1, -0.05) is 36.4 Å². The van der Waals surface area contributed by atoms with Gasteiger partial charge in [0.15, 0.2) is 0 Å². The van der Waals surface area contributed by atoms with Crippen molar-refractivity contribution in [2.75, 3.05) is 0 Å². The highest BCUT2D eigenvalue weighted by atomic mass is 19.4. The van der Waals surface area contributed by atoms with E-state index in [0.29, 0.717) is 23.4 Å². The first-order chi connectivity index (χ1) is 15.0. The lowest BCUT2D eigenvalue weighted by atomic mass is 9.83. The highest BCUT2D eigenvalue weighted by molar-refractivity contribution is 5.96. The van der Waals surface area contributed by atoms with E-state index in [1.54, 1.807) is 25.7 Å². The van der Waals surface area contributed by atoms with Crippen LogP contribution in [0.5, 0.6) is 0 Å². The molecule has 1 aliphatic rings. The van der Waals surface area contributed by atoms with Crippen LogP contribution in [0.25, 0.3) is 0 Å². The van der Waals surface area contributed by atoms with Gasteiger partial charge in [0.05, 0.1) is 23.8 Å². The summed E-state index contributed by atoms with van der Waals surface area (Å²) in [4.78, 5) is 27.6. The molecule has 7 heteroatoms. The monoisotopic (exact) mass is 445 g/mol. The summed E-state index contributed by atoms with van der Waals surface area (Å²) in [6.45, 7) is 7.38. The van der Waals surface area contributed by atoms with Gasteiger partial charge in [-0.15, -0.1) is 0 Å². The van der Waals surface area contributed by atoms with Crippen LogP contribution in [0.2, 0.25) is 0 Å². The number of alkyl halides is 3. The van der Waals surface area contributed by atoms with Crippen LogP contribution in [-0.2, 0) is 27.0 Å². The first kappa shape index (κ1) is 23.6. The van der Waals surface area contributed by atoms with Crippen molar-refractivity contribution in [2.24, 2.45) is 0 Å². The van der Waals surface area contributed by atoms with E-state index in [9.17, 15) is 22.8 Å². The number of rotatable bonds is 5. The van der Waals surface area contributed by atoms with Crippen molar-refractivity contribution >= 4 is 11.9 Å². The number of hydrogen-bond acceptors (Lipinski definition) is 3. The van der Waals surface area contributed by atoms with Gasteiger partial charge in [-0.05, 0) is 56.5 Å². The molecule has 1 aliphatic heterocycles. The van der Waals surface area contributed by atoms with E-state index in [-0.39, 0.29) is 18.4 Å². The molecule has 0 aliphatic carbocycles. The molecule has 0 aromatic heterocycles. The summed E-state index contributed by atoms with van der Waals surface area (Å²) >= 11 is 0. The van der Waals surface area contributed by atoms with E-state index < -0.39 is 23.6 Å². The predicted molar refractivity (Wildman–Crippen MR) is 114 cm³/mol. The van der Waals surface area contributed by atoms with Gasteiger partial charge in [0, 0.05) is 18.0 Å². The predicted octanol–water partition coefficient (Wildman–Crippen LogP) is 5.76. The minimum absolute atomic E-state index is 0.0306. The van der Waals surface area contributed by atoms with Crippen molar-refractivity contribution < 1.29 is 27.5 Å². The van der Waals surface area contributed by atoms with Crippen LogP contribution in [0, 0.1) is 6.92 Å². The van der Waals surface area contributed by atoms with Crippen molar-refractivity contribution in [3.63, 3.8) is 0 Å². The molecule has 0 spiro atoms. The third-order valence-electron chi connectivity index (χ3n) is 5.62. The highest BCUT2D eigenvalue weighted by Gasteiger charge is 2.38. The number of benzene rings is 2. The molecular formula is C25H26F3NO3. The zero-order valence-electron chi connectivity index (χ0n) is 18.5. The Hall–Kier alpha value is -3.09. The Kier molecular flexibility index (Phi) is 6.77. The Morgan fingerprint density at radius 3 is 2.28 bits per heavy atom. The van der Waals surface area contributed by atoms with Gasteiger partial charge in [0.25, 0.3) is 0 Å². The Labute approximate surface area is 185 Å². The average Bonchev–Trinajstić information content (AvgIpc) is 2.70. The number of carbonyl (C=O) groups is 2. The molecule has 0 radical (unpaired) electrons. The second kappa shape index (κ2) is 9.18. The van der Waals surface area contributed by atoms with Crippen LogP contribution in [-0.4, -0.2) is 22.9 Å². The summed E-state index contributed by atoms with van der Waals surface area (Å²) in [6.07, 6.45) is -4.87. The number of esters is 1. The smallest absolute Gasteiger partial charge is 0.416 e. The number of allylic oxidation sites excluding steroid dienone is 1. The molecule has 0 saturated carbocycles. The second-order valence-corrected chi connectivity index (χ2v) is 8.24. The van der Waals surface area contributed by atoms with Gasteiger partial charge >= 0.3 is 12.1 Å². The average molecular weight is 445 g/mol. The summed E-state index contributed by atoms with van der Waals surface area (Å²) in [7, 11) is 0. The van der Waals surface area contributed by atoms with Crippen LogP contribution in [0.3, 0.4) is 0 Å². The molecule has 0 saturated heterocycles. The lowest BCUT2D eigenvalue weighted by Gasteiger charge is -2.35. The Bertz CT molecular complexity index is 1040. The molecular weight excluding hydrogens is 419 g/mol. The minimum atomic E-state index is -4.46. The number of amides is 1. The van der Waals surface area contributed by atoms with Gasteiger partial charge < -0.3 is 9.64 Å². The molecule has 1 amide bonds. The van der Waals surface area contributed by atoms with Crippen LogP contribution in [0.15, 0.2) is 59.8 Å². The van der Waals surface area contributed by atoms with Crippen molar-refractivity contribution in [1.82, 2.24) is 4.90 Å². The van der Waals surface area contributed by atoms with Crippen molar-refractivity contribution in [1.29, 1.82) is 0 Å². The molecule has 32 heavy (non-hydrogen) atoms. The maximum Gasteiger partial charge on any atom is 0.416 e. The third kappa shape index (κ3) is 5.03. The molecule has 4 nitrogen and oxygen atoms in total. The van der Waals surface area contributed by atoms with E-state index in [1.807, 2.05) is 31.2 Å². The SMILES string of the molecule is CC1=C(C(=O)OC(C)C)C(c2ccc(C(F)(F)F)cc2)CC(=O)N1Cc1ccccc1C. The van der Waals surface area contributed by atoms with Crippen LogP contribution in [0.1, 0.15) is 55.4 Å². The molecule has 2 aromatic rings. The minimum Gasteiger partial charge on any atom is -0.460 e. The van der Waals surface area contributed by atoms with Crippen LogP contribution >= 0.6 is 0 Å². The van der Waals surface area contributed by atoms with Gasteiger partial charge in [-0.2, -0.15) is 13.2 Å². The molecule has 1 heterocycles. The van der Waals surface area contributed by atoms with E-state index in [2.05, 4.69) is 0 Å². The summed E-state index contributed by atoms with van der Waals surface area (Å²) in [5.41, 5.74) is 2.41. The number of ether oxygens (including phenoxy) is 1. The number of nitrogens with zero attached hydrogens (tertiary/aromatic N) is 1. The maximum atomic E-state index is 13.1. The molecule has 170 valence electrons. The summed E-state index contributed by atoms with van der Waals surface area (Å²) in [6, 6.07) is 12.3. The third-order valence-corrected chi connectivity index (χ3v) is 5.62. The first-order valence-corrected chi connectivity index (χ1v) is 10.4. The normalized spacial score (nSPS) is 17.2. The lowest BCUT2D eigenvalue weighted by Crippen LogP contribution is -2.38. The number of hydrogen-bond donors (Lipinski definition) is 0. The van der Waals surface area contributed by atoms with Gasteiger partial charge in [-0.25, -0.2) is 4.79 Å². The number of halogens is 3. The summed E-state index contributed by atoms with van der Waals surface area (Å²) in [5.74, 6) is -1.44.